The fourth-order valence-corrected chi connectivity index (χ4v) is 0.668. The minimum Gasteiger partial charge on any atom is -0.481 e. The molecular formula is C6H20N6O6. The van der Waals surface area contributed by atoms with Crippen molar-refractivity contribution in [3.8, 4) is 0 Å². The van der Waals surface area contributed by atoms with E-state index in [1.807, 2.05) is 0 Å². The van der Waals surface area contributed by atoms with E-state index in [0.29, 0.717) is 0 Å². The molecule has 110 valence electrons. The van der Waals surface area contributed by atoms with E-state index in [-0.39, 0.29) is 0 Å². The molecule has 0 aliphatic heterocycles. The van der Waals surface area contributed by atoms with Crippen molar-refractivity contribution in [2.24, 2.45) is 41.0 Å². The molecule has 0 saturated carbocycles. The van der Waals surface area contributed by atoms with Crippen LogP contribution in [0.15, 0.2) is 0 Å². The predicted molar refractivity (Wildman–Crippen MR) is 60.8 cm³/mol. The average molecular weight is 272 g/mol. The Morgan fingerprint density at radius 1 is 0.722 bits per heavy atom. The summed E-state index contributed by atoms with van der Waals surface area (Å²) in [4.78, 5) is 30.3. The molecule has 0 fully saturated rings. The summed E-state index contributed by atoms with van der Waals surface area (Å²) in [5, 5.41) is 24.7. The Labute approximate surface area is 102 Å². The highest BCUT2D eigenvalue weighted by molar-refractivity contribution is 5.82. The van der Waals surface area contributed by atoms with Crippen molar-refractivity contribution < 1.29 is 29.7 Å². The minimum atomic E-state index is -1.40. The monoisotopic (exact) mass is 272 g/mol. The summed E-state index contributed by atoms with van der Waals surface area (Å²) in [6.45, 7) is 0. The molecule has 0 rings (SSSR count). The van der Waals surface area contributed by atoms with Gasteiger partial charge >= 0.3 is 17.9 Å². The van der Waals surface area contributed by atoms with Crippen LogP contribution in [0, 0.1) is 5.92 Å². The molecule has 0 aliphatic rings. The van der Waals surface area contributed by atoms with Gasteiger partial charge in [0.2, 0.25) is 0 Å². The standard InChI is InChI=1S/C6H8O6.3H4N2/c7-4(8)1-3(6(11)12)2-5(9)10;3*1-2/h3H,1-2H2,(H,7,8)(H,9,10)(H,11,12);3*1-2H2. The average Bonchev–Trinajstić information content (AvgIpc) is 2.34. The second kappa shape index (κ2) is 20.6. The lowest BCUT2D eigenvalue weighted by Crippen LogP contribution is -2.20. The van der Waals surface area contributed by atoms with Crippen LogP contribution < -0.4 is 35.1 Å². The molecule has 0 aromatic heterocycles. The first-order valence-electron chi connectivity index (χ1n) is 4.10. The zero-order chi connectivity index (χ0) is 15.7. The fraction of sp³-hybridized carbons (Fsp3) is 0.500. The largest absolute Gasteiger partial charge is 0.481 e. The van der Waals surface area contributed by atoms with E-state index in [9.17, 15) is 14.4 Å². The zero-order valence-corrected chi connectivity index (χ0v) is 9.52. The first-order chi connectivity index (χ1) is 8.43. The normalized spacial score (nSPS) is 7.50. The van der Waals surface area contributed by atoms with Gasteiger partial charge in [-0.15, -0.1) is 0 Å². The molecule has 0 unspecified atom stereocenters. The Balaban J connectivity index is -0.000000141. The molecule has 0 atom stereocenters. The summed E-state index contributed by atoms with van der Waals surface area (Å²) in [6.07, 6.45) is -1.33. The van der Waals surface area contributed by atoms with E-state index in [4.69, 9.17) is 15.3 Å². The maximum atomic E-state index is 10.2. The van der Waals surface area contributed by atoms with Crippen molar-refractivity contribution in [1.82, 2.24) is 0 Å². The molecule has 0 bridgehead atoms. The Kier molecular flexibility index (Phi) is 28.7. The Morgan fingerprint density at radius 3 is 1.06 bits per heavy atom. The van der Waals surface area contributed by atoms with Gasteiger partial charge in [0.05, 0.1) is 18.8 Å². The van der Waals surface area contributed by atoms with Crippen LogP contribution in [-0.2, 0) is 14.4 Å². The van der Waals surface area contributed by atoms with Crippen LogP contribution in [0.4, 0.5) is 0 Å². The number of rotatable bonds is 5. The number of hydrogen-bond acceptors (Lipinski definition) is 9. The first-order valence-corrected chi connectivity index (χ1v) is 4.10. The molecule has 18 heavy (non-hydrogen) atoms. The van der Waals surface area contributed by atoms with Gasteiger partial charge in [-0.2, -0.15) is 0 Å². The molecule has 12 heteroatoms. The molecule has 0 aromatic rings. The van der Waals surface area contributed by atoms with Crippen molar-refractivity contribution >= 4 is 17.9 Å². The molecular weight excluding hydrogens is 252 g/mol. The van der Waals surface area contributed by atoms with Crippen molar-refractivity contribution in [3.05, 3.63) is 0 Å². The lowest BCUT2D eigenvalue weighted by molar-refractivity contribution is -0.152. The maximum Gasteiger partial charge on any atom is 0.307 e. The van der Waals surface area contributed by atoms with Crippen LogP contribution in [0.1, 0.15) is 12.8 Å². The molecule has 0 heterocycles. The third kappa shape index (κ3) is 23.8. The SMILES string of the molecule is NN.NN.NN.O=C(O)CC(CC(=O)O)C(=O)O. The number of carboxylic acid groups (broad SMARTS) is 3. The molecule has 0 aromatic carbocycles. The zero-order valence-electron chi connectivity index (χ0n) is 9.52. The number of hydrogen-bond donors (Lipinski definition) is 9. The number of carbonyl (C=O) groups is 3. The van der Waals surface area contributed by atoms with Gasteiger partial charge in [0, 0.05) is 0 Å². The summed E-state index contributed by atoms with van der Waals surface area (Å²) >= 11 is 0. The third-order valence-corrected chi connectivity index (χ3v) is 1.19. The summed E-state index contributed by atoms with van der Waals surface area (Å²) in [5.41, 5.74) is 0. The molecule has 15 N–H and O–H groups in total. The van der Waals surface area contributed by atoms with Crippen molar-refractivity contribution in [3.63, 3.8) is 0 Å². The quantitative estimate of drug-likeness (QED) is 0.171. The van der Waals surface area contributed by atoms with E-state index in [1.54, 1.807) is 0 Å². The summed E-state index contributed by atoms with van der Waals surface area (Å²) < 4.78 is 0. The van der Waals surface area contributed by atoms with Crippen LogP contribution in [-0.4, -0.2) is 33.2 Å². The van der Waals surface area contributed by atoms with Gasteiger partial charge < -0.3 is 15.3 Å². The summed E-state index contributed by atoms with van der Waals surface area (Å²) in [5.74, 6) is 18.6. The highest BCUT2D eigenvalue weighted by Crippen LogP contribution is 2.08. The van der Waals surface area contributed by atoms with Gasteiger partial charge in [-0.1, -0.05) is 0 Å². The first kappa shape index (κ1) is 25.1. The molecule has 0 amide bonds. The minimum absolute atomic E-state index is 0.665. The number of aliphatic carboxylic acids is 3. The second-order valence-corrected chi connectivity index (χ2v) is 2.23. The van der Waals surface area contributed by atoms with Crippen LogP contribution in [0.3, 0.4) is 0 Å². The highest BCUT2D eigenvalue weighted by atomic mass is 16.4. The number of hydrazine groups is 3. The Hall–Kier alpha value is -1.83. The lowest BCUT2D eigenvalue weighted by Gasteiger charge is -2.04. The van der Waals surface area contributed by atoms with E-state index >= 15 is 0 Å². The van der Waals surface area contributed by atoms with Crippen LogP contribution in [0.25, 0.3) is 0 Å². The van der Waals surface area contributed by atoms with Gasteiger partial charge in [-0.05, 0) is 0 Å². The fourth-order valence-electron chi connectivity index (χ4n) is 0.668. The van der Waals surface area contributed by atoms with Crippen LogP contribution in [0.5, 0.6) is 0 Å². The van der Waals surface area contributed by atoms with Gasteiger partial charge in [0.1, 0.15) is 0 Å². The predicted octanol–water partition coefficient (Wildman–Crippen LogP) is -3.91. The van der Waals surface area contributed by atoms with Crippen LogP contribution >= 0.6 is 0 Å². The van der Waals surface area contributed by atoms with Crippen LogP contribution in [0.2, 0.25) is 0 Å². The van der Waals surface area contributed by atoms with Gasteiger partial charge in [0.15, 0.2) is 0 Å². The Morgan fingerprint density at radius 2 is 0.944 bits per heavy atom. The molecule has 0 spiro atoms. The van der Waals surface area contributed by atoms with Gasteiger partial charge in [-0.3, -0.25) is 49.4 Å². The molecule has 0 radical (unpaired) electrons. The highest BCUT2D eigenvalue weighted by Gasteiger charge is 2.23. The second-order valence-electron chi connectivity index (χ2n) is 2.23. The number of nitrogens with two attached hydrogens (primary N) is 6. The summed E-state index contributed by atoms with van der Waals surface area (Å²) in [6, 6.07) is 0. The lowest BCUT2D eigenvalue weighted by atomic mass is 10.0. The molecule has 0 saturated heterocycles. The van der Waals surface area contributed by atoms with Crippen molar-refractivity contribution in [1.29, 1.82) is 0 Å². The number of carboxylic acids is 3. The van der Waals surface area contributed by atoms with Gasteiger partial charge in [0.25, 0.3) is 0 Å². The van der Waals surface area contributed by atoms with E-state index in [2.05, 4.69) is 35.1 Å². The molecule has 0 aliphatic carbocycles. The van der Waals surface area contributed by atoms with Crippen molar-refractivity contribution in [2.45, 2.75) is 12.8 Å². The van der Waals surface area contributed by atoms with E-state index in [0.717, 1.165) is 0 Å². The van der Waals surface area contributed by atoms with Crippen molar-refractivity contribution in [2.75, 3.05) is 0 Å². The van der Waals surface area contributed by atoms with Gasteiger partial charge in [-0.25, -0.2) is 0 Å². The van der Waals surface area contributed by atoms with E-state index in [1.165, 1.54) is 0 Å². The molecule has 12 nitrogen and oxygen atoms in total. The Bertz CT molecular complexity index is 209. The third-order valence-electron chi connectivity index (χ3n) is 1.19. The maximum absolute atomic E-state index is 10.2. The topological polar surface area (TPSA) is 268 Å². The smallest absolute Gasteiger partial charge is 0.307 e. The van der Waals surface area contributed by atoms with E-state index < -0.39 is 36.7 Å². The summed E-state index contributed by atoms with van der Waals surface area (Å²) in [7, 11) is 0.